The lowest BCUT2D eigenvalue weighted by molar-refractivity contribution is -0.438. The van der Waals surface area contributed by atoms with Crippen molar-refractivity contribution in [1.82, 2.24) is 4.90 Å². The number of benzene rings is 1. The van der Waals surface area contributed by atoms with Crippen LogP contribution in [0.25, 0.3) is 0 Å². The van der Waals surface area contributed by atoms with Gasteiger partial charge in [0, 0.05) is 44.4 Å². The second-order valence-electron chi connectivity index (χ2n) is 8.39. The van der Waals surface area contributed by atoms with Gasteiger partial charge in [-0.3, -0.25) is 0 Å². The topological polar surface area (TPSA) is 6.25 Å². The summed E-state index contributed by atoms with van der Waals surface area (Å²) in [6.07, 6.45) is 16.3. The van der Waals surface area contributed by atoms with Crippen molar-refractivity contribution in [2.24, 2.45) is 11.8 Å². The Morgan fingerprint density at radius 1 is 1.08 bits per heavy atom. The molecule has 1 heterocycles. The summed E-state index contributed by atoms with van der Waals surface area (Å²) < 4.78 is 2.54. The molecule has 0 unspecified atom stereocenters. The zero-order valence-corrected chi connectivity index (χ0v) is 16.9. The second kappa shape index (κ2) is 7.65. The molecule has 0 aromatic heterocycles. The van der Waals surface area contributed by atoms with Crippen LogP contribution in [0.3, 0.4) is 0 Å². The average Bonchev–Trinajstić information content (AvgIpc) is 2.82. The maximum atomic E-state index is 2.54. The smallest absolute Gasteiger partial charge is 0.209 e. The third kappa shape index (κ3) is 3.85. The third-order valence-corrected chi connectivity index (χ3v) is 5.57. The highest BCUT2D eigenvalue weighted by Crippen LogP contribution is 2.40. The molecule has 2 heteroatoms. The van der Waals surface area contributed by atoms with Gasteiger partial charge in [0.05, 0.1) is 5.41 Å². The van der Waals surface area contributed by atoms with Crippen LogP contribution in [0.1, 0.15) is 39.2 Å². The summed E-state index contributed by atoms with van der Waals surface area (Å²) in [5, 5.41) is 0. The lowest BCUT2D eigenvalue weighted by atomic mass is 9.81. The molecule has 0 N–H and O–H groups in total. The van der Waals surface area contributed by atoms with Gasteiger partial charge >= 0.3 is 0 Å². The Morgan fingerprint density at radius 2 is 1.77 bits per heavy atom. The highest BCUT2D eigenvalue weighted by atomic mass is 15.1. The summed E-state index contributed by atoms with van der Waals surface area (Å²) in [6.45, 7) is 8.00. The van der Waals surface area contributed by atoms with E-state index in [4.69, 9.17) is 0 Å². The highest BCUT2D eigenvalue weighted by molar-refractivity contribution is 6.02. The van der Waals surface area contributed by atoms with Crippen molar-refractivity contribution in [3.05, 3.63) is 66.4 Å². The zero-order valence-electron chi connectivity index (χ0n) is 16.9. The van der Waals surface area contributed by atoms with Crippen molar-refractivity contribution in [3.8, 4) is 0 Å². The van der Waals surface area contributed by atoms with Crippen LogP contribution in [0, 0.1) is 11.8 Å². The molecule has 0 saturated carbocycles. The quantitative estimate of drug-likeness (QED) is 0.499. The Balaban J connectivity index is 1.81. The number of nitrogens with zero attached hydrogens (tertiary/aromatic N) is 2. The van der Waals surface area contributed by atoms with Gasteiger partial charge in [-0.2, -0.15) is 4.58 Å². The summed E-state index contributed by atoms with van der Waals surface area (Å²) in [5.74, 6) is 1.19. The van der Waals surface area contributed by atoms with Crippen LogP contribution < -0.4 is 0 Å². The minimum Gasteiger partial charge on any atom is -0.383 e. The molecule has 1 aromatic rings. The van der Waals surface area contributed by atoms with Crippen LogP contribution in [0.2, 0.25) is 0 Å². The van der Waals surface area contributed by atoms with E-state index in [1.165, 1.54) is 29.8 Å². The monoisotopic (exact) mass is 349 g/mol. The van der Waals surface area contributed by atoms with E-state index in [0.717, 1.165) is 6.54 Å². The van der Waals surface area contributed by atoms with Crippen LogP contribution in [-0.2, 0) is 5.41 Å². The Hall–Kier alpha value is -2.09. The molecular weight excluding hydrogens is 316 g/mol. The van der Waals surface area contributed by atoms with Gasteiger partial charge in [0.1, 0.15) is 6.54 Å². The SMILES string of the molecule is CC1C=CC(CCC[N+]2=C(/C=C/N(C)C)C(C)(C)c3ccccc32)C=C1. The molecular formula is C24H33N2+. The van der Waals surface area contributed by atoms with E-state index in [9.17, 15) is 0 Å². The van der Waals surface area contributed by atoms with Crippen molar-refractivity contribution in [1.29, 1.82) is 0 Å². The van der Waals surface area contributed by atoms with E-state index in [1.807, 2.05) is 0 Å². The number of allylic oxidation sites excluding steroid dienone is 5. The van der Waals surface area contributed by atoms with Crippen molar-refractivity contribution in [3.63, 3.8) is 0 Å². The molecule has 138 valence electrons. The molecule has 0 fully saturated rings. The third-order valence-electron chi connectivity index (χ3n) is 5.57. The van der Waals surface area contributed by atoms with E-state index < -0.39 is 0 Å². The summed E-state index contributed by atoms with van der Waals surface area (Å²) >= 11 is 0. The van der Waals surface area contributed by atoms with E-state index in [-0.39, 0.29) is 5.41 Å². The Labute approximate surface area is 159 Å². The second-order valence-corrected chi connectivity index (χ2v) is 8.39. The molecule has 0 amide bonds. The van der Waals surface area contributed by atoms with Gasteiger partial charge in [0.25, 0.3) is 0 Å². The first-order valence-electron chi connectivity index (χ1n) is 9.85. The van der Waals surface area contributed by atoms with Crippen LogP contribution in [0.15, 0.2) is 60.8 Å². The molecule has 0 atom stereocenters. The van der Waals surface area contributed by atoms with Gasteiger partial charge in [0.2, 0.25) is 5.69 Å². The van der Waals surface area contributed by atoms with Crippen molar-refractivity contribution in [2.45, 2.75) is 39.0 Å². The summed E-state index contributed by atoms with van der Waals surface area (Å²) in [5.41, 5.74) is 4.25. The minimum absolute atomic E-state index is 0.0448. The maximum Gasteiger partial charge on any atom is 0.209 e. The molecule has 1 aromatic carbocycles. The molecule has 1 aliphatic heterocycles. The van der Waals surface area contributed by atoms with Gasteiger partial charge in [-0.25, -0.2) is 0 Å². The average molecular weight is 350 g/mol. The number of hydrogen-bond acceptors (Lipinski definition) is 1. The van der Waals surface area contributed by atoms with Crippen molar-refractivity contribution in [2.75, 3.05) is 20.6 Å². The fourth-order valence-corrected chi connectivity index (χ4v) is 4.04. The van der Waals surface area contributed by atoms with Crippen LogP contribution in [-0.4, -0.2) is 35.8 Å². The number of para-hydroxylation sites is 1. The lowest BCUT2D eigenvalue weighted by Gasteiger charge is -2.16. The molecule has 1 aliphatic carbocycles. The molecule has 26 heavy (non-hydrogen) atoms. The Kier molecular flexibility index (Phi) is 5.50. The molecule has 0 bridgehead atoms. The highest BCUT2D eigenvalue weighted by Gasteiger charge is 2.43. The van der Waals surface area contributed by atoms with E-state index in [1.54, 1.807) is 0 Å². The van der Waals surface area contributed by atoms with E-state index in [0.29, 0.717) is 11.8 Å². The van der Waals surface area contributed by atoms with Gasteiger partial charge in [-0.05, 0) is 32.1 Å². The Morgan fingerprint density at radius 3 is 2.46 bits per heavy atom. The summed E-state index contributed by atoms with van der Waals surface area (Å²) in [4.78, 5) is 2.11. The zero-order chi connectivity index (χ0) is 18.7. The minimum atomic E-state index is 0.0448. The number of fused-ring (bicyclic) bond motifs is 1. The maximum absolute atomic E-state index is 2.54. The van der Waals surface area contributed by atoms with Gasteiger partial charge in [0.15, 0.2) is 5.71 Å². The van der Waals surface area contributed by atoms with Crippen LogP contribution in [0.5, 0.6) is 0 Å². The lowest BCUT2D eigenvalue weighted by Crippen LogP contribution is -2.28. The summed E-state index contributed by atoms with van der Waals surface area (Å²) in [7, 11) is 4.17. The summed E-state index contributed by atoms with van der Waals surface area (Å²) in [6, 6.07) is 8.88. The number of hydrogen-bond donors (Lipinski definition) is 0. The van der Waals surface area contributed by atoms with Crippen LogP contribution in [0.4, 0.5) is 5.69 Å². The largest absolute Gasteiger partial charge is 0.383 e. The first kappa shape index (κ1) is 18.7. The fraction of sp³-hybridized carbons (Fsp3) is 0.458. The van der Waals surface area contributed by atoms with Crippen molar-refractivity contribution < 1.29 is 4.58 Å². The molecule has 0 saturated heterocycles. The molecule has 2 aliphatic rings. The predicted molar refractivity (Wildman–Crippen MR) is 112 cm³/mol. The molecule has 3 rings (SSSR count). The fourth-order valence-electron chi connectivity index (χ4n) is 4.04. The van der Waals surface area contributed by atoms with Crippen molar-refractivity contribution >= 4 is 11.4 Å². The Bertz CT molecular complexity index is 748. The van der Waals surface area contributed by atoms with Gasteiger partial charge in [-0.1, -0.05) is 49.4 Å². The molecule has 0 spiro atoms. The molecule has 2 nitrogen and oxygen atoms in total. The van der Waals surface area contributed by atoms with Gasteiger partial charge in [-0.15, -0.1) is 0 Å². The first-order chi connectivity index (χ1) is 12.4. The van der Waals surface area contributed by atoms with Crippen LogP contribution >= 0.6 is 0 Å². The van der Waals surface area contributed by atoms with Gasteiger partial charge < -0.3 is 4.90 Å². The molecule has 0 radical (unpaired) electrons. The van der Waals surface area contributed by atoms with E-state index >= 15 is 0 Å². The standard InChI is InChI=1S/C24H33N2/c1-19-12-14-20(15-13-19)9-8-17-26-22-11-7-6-10-21(22)24(2,3)23(26)16-18-25(4)5/h6-7,10-16,18-20H,8-9,17H2,1-5H3/q+1. The first-order valence-corrected chi connectivity index (χ1v) is 9.85. The predicted octanol–water partition coefficient (Wildman–Crippen LogP) is 5.30. The van der Waals surface area contributed by atoms with E-state index in [2.05, 4.69) is 105 Å². The number of rotatable bonds is 6. The normalized spacial score (nSPS) is 23.7.